The van der Waals surface area contributed by atoms with Gasteiger partial charge >= 0.3 is 18.3 Å². The molecule has 0 saturated carbocycles. The maximum Gasteiger partial charge on any atom is 0.509 e. The molecule has 9 nitrogen and oxygen atoms in total. The van der Waals surface area contributed by atoms with Crippen LogP contribution in [-0.2, 0) is 33.2 Å². The Morgan fingerprint density at radius 3 is 1.90 bits per heavy atom. The van der Waals surface area contributed by atoms with E-state index in [2.05, 4.69) is 11.7 Å². The van der Waals surface area contributed by atoms with Crippen molar-refractivity contribution >= 4 is 18.3 Å². The minimum atomic E-state index is -0.688. The van der Waals surface area contributed by atoms with E-state index < -0.39 is 30.6 Å². The second-order valence-corrected chi connectivity index (χ2v) is 8.10. The highest BCUT2D eigenvalue weighted by Gasteiger charge is 2.48. The van der Waals surface area contributed by atoms with E-state index in [1.807, 2.05) is 0 Å². The summed E-state index contributed by atoms with van der Waals surface area (Å²) in [5, 5.41) is 0. The molecule has 9 heteroatoms. The molecule has 0 amide bonds. The van der Waals surface area contributed by atoms with Crippen molar-refractivity contribution in [3.63, 3.8) is 0 Å². The van der Waals surface area contributed by atoms with Gasteiger partial charge in [0.25, 0.3) is 0 Å². The van der Waals surface area contributed by atoms with Gasteiger partial charge in [0.2, 0.25) is 0 Å². The van der Waals surface area contributed by atoms with Crippen LogP contribution in [0.25, 0.3) is 0 Å². The van der Waals surface area contributed by atoms with Gasteiger partial charge in [-0.25, -0.2) is 9.59 Å². The molecular formula is C21H32O9. The van der Waals surface area contributed by atoms with Crippen LogP contribution in [0.5, 0.6) is 0 Å². The first kappa shape index (κ1) is 22.7. The van der Waals surface area contributed by atoms with E-state index in [4.69, 9.17) is 23.7 Å². The minimum Gasteiger partial charge on any atom is -0.469 e. The van der Waals surface area contributed by atoms with Crippen molar-refractivity contribution < 1.29 is 42.8 Å². The number of cyclic esters (lactones) is 4. The van der Waals surface area contributed by atoms with Crippen molar-refractivity contribution in [2.75, 3.05) is 7.11 Å². The highest BCUT2D eigenvalue weighted by molar-refractivity contribution is 5.69. The molecule has 0 aliphatic carbocycles. The minimum absolute atomic E-state index is 0.0920. The lowest BCUT2D eigenvalue weighted by molar-refractivity contribution is -0.140. The summed E-state index contributed by atoms with van der Waals surface area (Å²) < 4.78 is 31.4. The summed E-state index contributed by atoms with van der Waals surface area (Å²) in [7, 11) is 1.40. The van der Waals surface area contributed by atoms with Gasteiger partial charge in [-0.05, 0) is 25.7 Å². The number of carbonyl (C=O) groups is 3. The number of hydrogen-bond donors (Lipinski definition) is 0. The Balaban J connectivity index is 1.38. The van der Waals surface area contributed by atoms with Gasteiger partial charge in [-0.2, -0.15) is 0 Å². The molecule has 0 radical (unpaired) electrons. The van der Waals surface area contributed by atoms with E-state index in [0.717, 1.165) is 38.5 Å². The normalized spacial score (nSPS) is 32.2. The van der Waals surface area contributed by atoms with Crippen LogP contribution in [-0.4, -0.2) is 62.0 Å². The molecule has 30 heavy (non-hydrogen) atoms. The Kier molecular flexibility index (Phi) is 8.18. The number of carbonyl (C=O) groups excluding carboxylic acids is 3. The van der Waals surface area contributed by atoms with Crippen molar-refractivity contribution in [2.45, 2.75) is 108 Å². The fourth-order valence-corrected chi connectivity index (χ4v) is 4.15. The zero-order valence-corrected chi connectivity index (χ0v) is 17.7. The topological polar surface area (TPSA) is 110 Å². The second kappa shape index (κ2) is 10.8. The molecule has 3 aliphatic rings. The van der Waals surface area contributed by atoms with Gasteiger partial charge in [-0.1, -0.05) is 26.2 Å². The highest BCUT2D eigenvalue weighted by atomic mass is 16.8. The van der Waals surface area contributed by atoms with Crippen molar-refractivity contribution in [2.24, 2.45) is 0 Å². The first-order chi connectivity index (χ1) is 14.5. The zero-order valence-electron chi connectivity index (χ0n) is 17.7. The predicted octanol–water partition coefficient (Wildman–Crippen LogP) is 3.66. The summed E-state index contributed by atoms with van der Waals surface area (Å²) in [5.74, 6) is -0.179. The zero-order chi connectivity index (χ0) is 21.5. The van der Waals surface area contributed by atoms with E-state index in [9.17, 15) is 14.4 Å². The predicted molar refractivity (Wildman–Crippen MR) is 103 cm³/mol. The monoisotopic (exact) mass is 428 g/mol. The van der Waals surface area contributed by atoms with Gasteiger partial charge in [-0.15, -0.1) is 0 Å². The lowest BCUT2D eigenvalue weighted by Gasteiger charge is -2.20. The van der Waals surface area contributed by atoms with Crippen LogP contribution < -0.4 is 0 Å². The molecule has 3 fully saturated rings. The molecule has 3 rings (SSSR count). The summed E-state index contributed by atoms with van der Waals surface area (Å²) >= 11 is 0. The number of hydrogen-bond acceptors (Lipinski definition) is 9. The molecular weight excluding hydrogens is 396 g/mol. The molecule has 6 atom stereocenters. The molecule has 0 bridgehead atoms. The van der Waals surface area contributed by atoms with Crippen LogP contribution in [0.15, 0.2) is 0 Å². The van der Waals surface area contributed by atoms with Crippen LogP contribution in [0.2, 0.25) is 0 Å². The van der Waals surface area contributed by atoms with E-state index in [1.54, 1.807) is 0 Å². The van der Waals surface area contributed by atoms with Gasteiger partial charge in [0.1, 0.15) is 24.4 Å². The van der Waals surface area contributed by atoms with E-state index in [0.29, 0.717) is 25.7 Å². The molecule has 3 aliphatic heterocycles. The van der Waals surface area contributed by atoms with Crippen LogP contribution in [0.4, 0.5) is 9.59 Å². The Bertz CT molecular complexity index is 607. The lowest BCUT2D eigenvalue weighted by Crippen LogP contribution is -2.33. The molecule has 6 unspecified atom stereocenters. The SMILES string of the molecule is CCC1OC1CC1OC(=O)OC1CC1OC(=O)OC1CCCCCCCC(=O)OC. The number of epoxide rings is 1. The van der Waals surface area contributed by atoms with Gasteiger partial charge in [0, 0.05) is 19.3 Å². The summed E-state index contributed by atoms with van der Waals surface area (Å²) in [5.41, 5.74) is 0. The van der Waals surface area contributed by atoms with Gasteiger partial charge < -0.3 is 28.4 Å². The van der Waals surface area contributed by atoms with Gasteiger partial charge in [0.15, 0.2) is 0 Å². The van der Waals surface area contributed by atoms with Crippen LogP contribution >= 0.6 is 0 Å². The summed E-state index contributed by atoms with van der Waals surface area (Å²) in [6.07, 6.45) is 4.90. The summed E-state index contributed by atoms with van der Waals surface area (Å²) in [6, 6.07) is 0. The van der Waals surface area contributed by atoms with Crippen LogP contribution in [0.1, 0.15) is 71.1 Å². The molecule has 0 aromatic heterocycles. The Hall–Kier alpha value is -2.03. The smallest absolute Gasteiger partial charge is 0.469 e. The van der Waals surface area contributed by atoms with Crippen molar-refractivity contribution in [1.29, 1.82) is 0 Å². The molecule has 3 saturated heterocycles. The average Bonchev–Trinajstić information content (AvgIpc) is 3.26. The first-order valence-corrected chi connectivity index (χ1v) is 11.0. The molecule has 0 spiro atoms. The van der Waals surface area contributed by atoms with Gasteiger partial charge in [0.05, 0.1) is 19.3 Å². The molecule has 170 valence electrons. The fourth-order valence-electron chi connectivity index (χ4n) is 4.15. The number of esters is 1. The third kappa shape index (κ3) is 6.48. The average molecular weight is 428 g/mol. The second-order valence-electron chi connectivity index (χ2n) is 8.10. The van der Waals surface area contributed by atoms with Gasteiger partial charge in [-0.3, -0.25) is 4.79 Å². The van der Waals surface area contributed by atoms with E-state index >= 15 is 0 Å². The van der Waals surface area contributed by atoms with Crippen molar-refractivity contribution in [3.05, 3.63) is 0 Å². The summed E-state index contributed by atoms with van der Waals surface area (Å²) in [6.45, 7) is 2.05. The van der Waals surface area contributed by atoms with Crippen molar-refractivity contribution in [1.82, 2.24) is 0 Å². The number of unbranched alkanes of at least 4 members (excludes halogenated alkanes) is 4. The third-order valence-corrected chi connectivity index (χ3v) is 5.94. The summed E-state index contributed by atoms with van der Waals surface area (Å²) in [4.78, 5) is 34.4. The van der Waals surface area contributed by atoms with E-state index in [1.165, 1.54) is 7.11 Å². The maximum atomic E-state index is 11.7. The molecule has 0 aromatic rings. The standard InChI is InChI=1S/C21H32O9/c1-3-13-15(26-13)11-17-18(30-21(24)29-17)12-16-14(27-20(23)28-16)9-7-5-4-6-8-10-19(22)25-2/h13-18H,3-12H2,1-2H3. The number of rotatable bonds is 13. The van der Waals surface area contributed by atoms with Crippen LogP contribution in [0.3, 0.4) is 0 Å². The fraction of sp³-hybridized carbons (Fsp3) is 0.857. The molecule has 3 heterocycles. The van der Waals surface area contributed by atoms with Crippen molar-refractivity contribution in [3.8, 4) is 0 Å². The Morgan fingerprint density at radius 1 is 0.767 bits per heavy atom. The quantitative estimate of drug-likeness (QED) is 0.188. The highest BCUT2D eigenvalue weighted by Crippen LogP contribution is 2.35. The molecule has 0 N–H and O–H groups in total. The first-order valence-electron chi connectivity index (χ1n) is 11.0. The number of ether oxygens (including phenoxy) is 6. The van der Waals surface area contributed by atoms with Crippen LogP contribution in [0, 0.1) is 0 Å². The van der Waals surface area contributed by atoms with E-state index in [-0.39, 0.29) is 24.3 Å². The number of methoxy groups -OCH3 is 1. The lowest BCUT2D eigenvalue weighted by atomic mass is 9.96. The maximum absolute atomic E-state index is 11.7. The third-order valence-electron chi connectivity index (χ3n) is 5.94. The largest absolute Gasteiger partial charge is 0.509 e. The Morgan fingerprint density at radius 2 is 1.30 bits per heavy atom. The Labute approximate surface area is 176 Å². The molecule has 0 aromatic carbocycles.